The van der Waals surface area contributed by atoms with E-state index in [9.17, 15) is 5.11 Å². The van der Waals surface area contributed by atoms with Gasteiger partial charge in [-0.05, 0) is 36.5 Å². The molecule has 0 saturated carbocycles. The Kier molecular flexibility index (Phi) is 10.7. The van der Waals surface area contributed by atoms with Crippen LogP contribution in [0.15, 0.2) is 30.3 Å². The fraction of sp³-hybridized carbons (Fsp3) is 0.727. The van der Waals surface area contributed by atoms with Gasteiger partial charge in [0.1, 0.15) is 0 Å². The smallest absolute Gasteiger partial charge is 0.192 e. The van der Waals surface area contributed by atoms with Crippen molar-refractivity contribution >= 4 is 8.32 Å². The van der Waals surface area contributed by atoms with Gasteiger partial charge in [0.2, 0.25) is 0 Å². The summed E-state index contributed by atoms with van der Waals surface area (Å²) in [4.78, 5) is 0. The highest BCUT2D eigenvalue weighted by Gasteiger charge is 2.37. The Morgan fingerprint density at radius 1 is 0.962 bits per heavy atom. The Hall–Kier alpha value is -0.683. The highest BCUT2D eigenvalue weighted by Crippen LogP contribution is 2.36. The van der Waals surface area contributed by atoms with E-state index in [0.717, 1.165) is 25.9 Å². The first-order valence-electron chi connectivity index (χ1n) is 10.2. The van der Waals surface area contributed by atoms with E-state index >= 15 is 0 Å². The van der Waals surface area contributed by atoms with Gasteiger partial charge in [0, 0.05) is 6.61 Å². The van der Waals surface area contributed by atoms with Crippen LogP contribution in [0.5, 0.6) is 0 Å². The van der Waals surface area contributed by atoms with Crippen LogP contribution in [-0.2, 0) is 15.8 Å². The molecule has 0 aromatic heterocycles. The van der Waals surface area contributed by atoms with E-state index < -0.39 is 8.32 Å². The van der Waals surface area contributed by atoms with Gasteiger partial charge in [-0.15, -0.1) is 0 Å². The maximum atomic E-state index is 10.1. The van der Waals surface area contributed by atoms with Crippen LogP contribution in [0.2, 0.25) is 18.1 Å². The number of hydrogen-bond donors (Lipinski definition) is 1. The molecule has 0 fully saturated rings. The minimum Gasteiger partial charge on any atom is -0.414 e. The zero-order valence-corrected chi connectivity index (χ0v) is 18.6. The lowest BCUT2D eigenvalue weighted by molar-refractivity contribution is 0.0902. The molecule has 0 aliphatic heterocycles. The molecule has 0 spiro atoms. The van der Waals surface area contributed by atoms with E-state index in [0.29, 0.717) is 13.2 Å². The number of ether oxygens (including phenoxy) is 1. The van der Waals surface area contributed by atoms with E-state index in [-0.39, 0.29) is 11.1 Å². The van der Waals surface area contributed by atoms with Crippen LogP contribution in [-0.4, -0.2) is 32.7 Å². The van der Waals surface area contributed by atoms with Crippen molar-refractivity contribution in [2.45, 2.75) is 90.1 Å². The van der Waals surface area contributed by atoms with Gasteiger partial charge in [-0.1, -0.05) is 76.8 Å². The molecule has 0 radical (unpaired) electrons. The van der Waals surface area contributed by atoms with Crippen LogP contribution >= 0.6 is 0 Å². The molecule has 4 heteroatoms. The Morgan fingerprint density at radius 3 is 2.23 bits per heavy atom. The SMILES string of the molecule is CC(C)(C)[Si](C)(C)OC[C@@H](O)CCCCCCCOCc1ccccc1. The first-order chi connectivity index (χ1) is 12.2. The van der Waals surface area contributed by atoms with Gasteiger partial charge in [0.25, 0.3) is 0 Å². The summed E-state index contributed by atoms with van der Waals surface area (Å²) in [6.45, 7) is 13.2. The Labute approximate surface area is 162 Å². The van der Waals surface area contributed by atoms with Crippen molar-refractivity contribution in [1.29, 1.82) is 0 Å². The lowest BCUT2D eigenvalue weighted by atomic mass is 10.1. The number of hydrogen-bond acceptors (Lipinski definition) is 3. The topological polar surface area (TPSA) is 38.7 Å². The highest BCUT2D eigenvalue weighted by molar-refractivity contribution is 6.74. The van der Waals surface area contributed by atoms with Crippen LogP contribution in [0.3, 0.4) is 0 Å². The molecule has 0 unspecified atom stereocenters. The molecular weight excluding hydrogens is 340 g/mol. The highest BCUT2D eigenvalue weighted by atomic mass is 28.4. The summed E-state index contributed by atoms with van der Waals surface area (Å²) in [6.07, 6.45) is 6.31. The third-order valence-corrected chi connectivity index (χ3v) is 9.88. The molecule has 0 bridgehead atoms. The summed E-state index contributed by atoms with van der Waals surface area (Å²) in [7, 11) is -1.74. The number of aliphatic hydroxyl groups excluding tert-OH is 1. The van der Waals surface area contributed by atoms with Crippen LogP contribution in [0.4, 0.5) is 0 Å². The predicted molar refractivity (Wildman–Crippen MR) is 113 cm³/mol. The molecule has 0 heterocycles. The molecule has 1 atom stereocenters. The third-order valence-electron chi connectivity index (χ3n) is 5.38. The fourth-order valence-electron chi connectivity index (χ4n) is 2.48. The molecule has 1 N–H and O–H groups in total. The molecular formula is C22H40O3Si. The second-order valence-corrected chi connectivity index (χ2v) is 13.6. The van der Waals surface area contributed by atoms with Crippen molar-refractivity contribution in [3.05, 3.63) is 35.9 Å². The van der Waals surface area contributed by atoms with E-state index in [2.05, 4.69) is 46.0 Å². The van der Waals surface area contributed by atoms with Crippen LogP contribution in [0.25, 0.3) is 0 Å². The molecule has 0 saturated heterocycles. The van der Waals surface area contributed by atoms with Gasteiger partial charge in [-0.3, -0.25) is 0 Å². The van der Waals surface area contributed by atoms with Crippen molar-refractivity contribution < 1.29 is 14.3 Å². The quantitative estimate of drug-likeness (QED) is 0.341. The zero-order chi connectivity index (χ0) is 19.5. The Balaban J connectivity index is 1.95. The second-order valence-electron chi connectivity index (χ2n) is 8.82. The maximum absolute atomic E-state index is 10.1. The monoisotopic (exact) mass is 380 g/mol. The minimum absolute atomic E-state index is 0.204. The van der Waals surface area contributed by atoms with Crippen LogP contribution < -0.4 is 0 Å². The zero-order valence-electron chi connectivity index (χ0n) is 17.6. The fourth-order valence-corrected chi connectivity index (χ4v) is 3.53. The standard InChI is InChI=1S/C22H40O3Si/c1-22(2,3)26(4,5)25-19-21(23)16-12-7-6-8-13-17-24-18-20-14-10-9-11-15-20/h9-11,14-15,21,23H,6-8,12-13,16-19H2,1-5H3/t21-/m0/s1. The molecule has 0 aliphatic rings. The van der Waals surface area contributed by atoms with Crippen LogP contribution in [0.1, 0.15) is 64.9 Å². The van der Waals surface area contributed by atoms with Crippen LogP contribution in [0, 0.1) is 0 Å². The molecule has 1 aromatic carbocycles. The average Bonchev–Trinajstić information content (AvgIpc) is 2.58. The average molecular weight is 381 g/mol. The molecule has 1 aromatic rings. The van der Waals surface area contributed by atoms with Gasteiger partial charge < -0.3 is 14.3 Å². The molecule has 26 heavy (non-hydrogen) atoms. The van der Waals surface area contributed by atoms with E-state index in [4.69, 9.17) is 9.16 Å². The lowest BCUT2D eigenvalue weighted by Crippen LogP contribution is -2.42. The van der Waals surface area contributed by atoms with Gasteiger partial charge in [0.15, 0.2) is 8.32 Å². The van der Waals surface area contributed by atoms with Gasteiger partial charge >= 0.3 is 0 Å². The normalized spacial score (nSPS) is 13.8. The molecule has 150 valence electrons. The Morgan fingerprint density at radius 2 is 1.58 bits per heavy atom. The second kappa shape index (κ2) is 11.9. The molecule has 0 aliphatic carbocycles. The van der Waals surface area contributed by atoms with E-state index in [1.807, 2.05) is 18.2 Å². The summed E-state index contributed by atoms with van der Waals surface area (Å²) in [6, 6.07) is 10.3. The minimum atomic E-state index is -1.74. The lowest BCUT2D eigenvalue weighted by Gasteiger charge is -2.36. The number of aliphatic hydroxyl groups is 1. The van der Waals surface area contributed by atoms with Crippen molar-refractivity contribution in [2.75, 3.05) is 13.2 Å². The summed E-state index contributed by atoms with van der Waals surface area (Å²) in [5.41, 5.74) is 1.24. The number of rotatable bonds is 13. The number of benzene rings is 1. The first-order valence-corrected chi connectivity index (χ1v) is 13.1. The van der Waals surface area contributed by atoms with Gasteiger partial charge in [-0.25, -0.2) is 0 Å². The predicted octanol–water partition coefficient (Wildman–Crippen LogP) is 5.93. The molecule has 0 amide bonds. The molecule has 3 nitrogen and oxygen atoms in total. The summed E-state index contributed by atoms with van der Waals surface area (Å²) < 4.78 is 11.8. The first kappa shape index (κ1) is 23.4. The largest absolute Gasteiger partial charge is 0.414 e. The molecule has 1 rings (SSSR count). The van der Waals surface area contributed by atoms with Crippen molar-refractivity contribution in [3.63, 3.8) is 0 Å². The summed E-state index contributed by atoms with van der Waals surface area (Å²) in [5.74, 6) is 0. The summed E-state index contributed by atoms with van der Waals surface area (Å²) in [5, 5.41) is 10.3. The van der Waals surface area contributed by atoms with Crippen molar-refractivity contribution in [2.24, 2.45) is 0 Å². The van der Waals surface area contributed by atoms with Crippen molar-refractivity contribution in [3.8, 4) is 0 Å². The van der Waals surface area contributed by atoms with Gasteiger partial charge in [0.05, 0.1) is 19.3 Å². The summed E-state index contributed by atoms with van der Waals surface area (Å²) >= 11 is 0. The van der Waals surface area contributed by atoms with E-state index in [1.54, 1.807) is 0 Å². The number of unbranched alkanes of at least 4 members (excludes halogenated alkanes) is 4. The maximum Gasteiger partial charge on any atom is 0.192 e. The third kappa shape index (κ3) is 9.86. The van der Waals surface area contributed by atoms with Gasteiger partial charge in [-0.2, -0.15) is 0 Å². The Bertz CT molecular complexity index is 468. The van der Waals surface area contributed by atoms with E-state index in [1.165, 1.54) is 24.8 Å². The van der Waals surface area contributed by atoms with Crippen molar-refractivity contribution in [1.82, 2.24) is 0 Å².